The van der Waals surface area contributed by atoms with E-state index in [4.69, 9.17) is 10.5 Å². The lowest BCUT2D eigenvalue weighted by Gasteiger charge is -2.20. The number of rotatable bonds is 5. The Morgan fingerprint density at radius 1 is 0.960 bits per heavy atom. The molecule has 3 rings (SSSR count). The SMILES string of the molecule is NC(=O)c1ccc(-c2cccc(OC(=O)CC3CCCCC3)c2)cc1. The molecule has 1 aliphatic rings. The van der Waals surface area contributed by atoms with Crippen LogP contribution in [0, 0.1) is 5.92 Å². The van der Waals surface area contributed by atoms with Gasteiger partial charge in [-0.3, -0.25) is 9.59 Å². The summed E-state index contributed by atoms with van der Waals surface area (Å²) < 4.78 is 5.53. The van der Waals surface area contributed by atoms with Gasteiger partial charge in [0.05, 0.1) is 0 Å². The number of primary amides is 1. The molecule has 2 aromatic carbocycles. The average Bonchev–Trinajstić information content (AvgIpc) is 2.63. The second-order valence-electron chi connectivity index (χ2n) is 6.65. The fourth-order valence-corrected chi connectivity index (χ4v) is 3.37. The average molecular weight is 337 g/mol. The summed E-state index contributed by atoms with van der Waals surface area (Å²) in [6.45, 7) is 0. The van der Waals surface area contributed by atoms with E-state index in [0.717, 1.165) is 24.0 Å². The van der Waals surface area contributed by atoms with Crippen LogP contribution in [0.4, 0.5) is 0 Å². The topological polar surface area (TPSA) is 69.4 Å². The summed E-state index contributed by atoms with van der Waals surface area (Å²) in [4.78, 5) is 23.3. The first-order valence-electron chi connectivity index (χ1n) is 8.83. The molecule has 0 unspecified atom stereocenters. The first-order valence-corrected chi connectivity index (χ1v) is 8.83. The molecule has 0 atom stereocenters. The Hall–Kier alpha value is -2.62. The van der Waals surface area contributed by atoms with Gasteiger partial charge >= 0.3 is 5.97 Å². The van der Waals surface area contributed by atoms with Gasteiger partial charge in [-0.25, -0.2) is 0 Å². The molecule has 1 aliphatic carbocycles. The molecule has 4 nitrogen and oxygen atoms in total. The van der Waals surface area contributed by atoms with E-state index >= 15 is 0 Å². The highest BCUT2D eigenvalue weighted by molar-refractivity contribution is 5.93. The van der Waals surface area contributed by atoms with E-state index in [0.29, 0.717) is 23.7 Å². The fourth-order valence-electron chi connectivity index (χ4n) is 3.37. The second-order valence-corrected chi connectivity index (χ2v) is 6.65. The Bertz CT molecular complexity index is 746. The zero-order valence-electron chi connectivity index (χ0n) is 14.2. The maximum absolute atomic E-state index is 12.2. The molecule has 4 heteroatoms. The van der Waals surface area contributed by atoms with E-state index < -0.39 is 5.91 Å². The van der Waals surface area contributed by atoms with Gasteiger partial charge in [0, 0.05) is 12.0 Å². The highest BCUT2D eigenvalue weighted by atomic mass is 16.5. The Balaban J connectivity index is 1.66. The summed E-state index contributed by atoms with van der Waals surface area (Å²) in [5.74, 6) is 0.410. The number of carbonyl (C=O) groups excluding carboxylic acids is 2. The van der Waals surface area contributed by atoms with Gasteiger partial charge in [-0.05, 0) is 54.2 Å². The zero-order chi connectivity index (χ0) is 17.6. The number of carbonyl (C=O) groups is 2. The van der Waals surface area contributed by atoms with Crippen LogP contribution >= 0.6 is 0 Å². The number of nitrogens with two attached hydrogens (primary N) is 1. The van der Waals surface area contributed by atoms with Crippen molar-refractivity contribution in [2.75, 3.05) is 0 Å². The molecule has 130 valence electrons. The highest BCUT2D eigenvalue weighted by Crippen LogP contribution is 2.28. The van der Waals surface area contributed by atoms with Crippen LogP contribution in [0.5, 0.6) is 5.75 Å². The van der Waals surface area contributed by atoms with Crippen LogP contribution in [0.2, 0.25) is 0 Å². The molecule has 0 radical (unpaired) electrons. The molecule has 0 bridgehead atoms. The lowest BCUT2D eigenvalue weighted by Crippen LogP contribution is -2.16. The van der Waals surface area contributed by atoms with E-state index in [1.807, 2.05) is 30.3 Å². The number of amides is 1. The molecule has 1 saturated carbocycles. The maximum Gasteiger partial charge on any atom is 0.311 e. The minimum Gasteiger partial charge on any atom is -0.426 e. The van der Waals surface area contributed by atoms with Crippen LogP contribution in [0.1, 0.15) is 48.9 Å². The molecule has 0 aliphatic heterocycles. The normalized spacial score (nSPS) is 14.9. The van der Waals surface area contributed by atoms with E-state index in [9.17, 15) is 9.59 Å². The molecule has 0 spiro atoms. The lowest BCUT2D eigenvalue weighted by atomic mass is 9.87. The van der Waals surface area contributed by atoms with Crippen molar-refractivity contribution in [3.63, 3.8) is 0 Å². The molecular weight excluding hydrogens is 314 g/mol. The molecule has 0 aromatic heterocycles. The van der Waals surface area contributed by atoms with Gasteiger partial charge in [-0.1, -0.05) is 43.5 Å². The van der Waals surface area contributed by atoms with Crippen LogP contribution in [-0.2, 0) is 4.79 Å². The van der Waals surface area contributed by atoms with Gasteiger partial charge in [-0.2, -0.15) is 0 Å². The van der Waals surface area contributed by atoms with Gasteiger partial charge < -0.3 is 10.5 Å². The molecule has 1 fully saturated rings. The van der Waals surface area contributed by atoms with Crippen molar-refractivity contribution in [1.29, 1.82) is 0 Å². The van der Waals surface area contributed by atoms with Crippen molar-refractivity contribution in [2.24, 2.45) is 11.7 Å². The first-order chi connectivity index (χ1) is 12.1. The molecule has 25 heavy (non-hydrogen) atoms. The van der Waals surface area contributed by atoms with Crippen molar-refractivity contribution >= 4 is 11.9 Å². The number of esters is 1. The third-order valence-corrected chi connectivity index (χ3v) is 4.75. The molecular formula is C21H23NO3. The van der Waals surface area contributed by atoms with Gasteiger partial charge in [0.15, 0.2) is 0 Å². The van der Waals surface area contributed by atoms with Crippen LogP contribution < -0.4 is 10.5 Å². The van der Waals surface area contributed by atoms with Crippen LogP contribution in [0.3, 0.4) is 0 Å². The molecule has 2 aromatic rings. The van der Waals surface area contributed by atoms with Crippen LogP contribution in [0.15, 0.2) is 48.5 Å². The van der Waals surface area contributed by atoms with Crippen LogP contribution in [-0.4, -0.2) is 11.9 Å². The monoisotopic (exact) mass is 337 g/mol. The third-order valence-electron chi connectivity index (χ3n) is 4.75. The summed E-state index contributed by atoms with van der Waals surface area (Å²) in [6.07, 6.45) is 6.46. The van der Waals surface area contributed by atoms with Crippen molar-refractivity contribution < 1.29 is 14.3 Å². The molecule has 0 saturated heterocycles. The van der Waals surface area contributed by atoms with Crippen molar-refractivity contribution in [1.82, 2.24) is 0 Å². The summed E-state index contributed by atoms with van der Waals surface area (Å²) >= 11 is 0. The number of ether oxygens (including phenoxy) is 1. The fraction of sp³-hybridized carbons (Fsp3) is 0.333. The minimum absolute atomic E-state index is 0.159. The van der Waals surface area contributed by atoms with E-state index in [1.54, 1.807) is 18.2 Å². The van der Waals surface area contributed by atoms with Crippen LogP contribution in [0.25, 0.3) is 11.1 Å². The standard InChI is InChI=1S/C21H23NO3/c22-21(24)17-11-9-16(10-12-17)18-7-4-8-19(14-18)25-20(23)13-15-5-2-1-3-6-15/h4,7-12,14-15H,1-3,5-6,13H2,(H2,22,24). The van der Waals surface area contributed by atoms with E-state index in [2.05, 4.69) is 0 Å². The smallest absolute Gasteiger partial charge is 0.311 e. The Kier molecular flexibility index (Phi) is 5.49. The quantitative estimate of drug-likeness (QED) is 0.652. The number of hydrogen-bond acceptors (Lipinski definition) is 3. The van der Waals surface area contributed by atoms with Gasteiger partial charge in [0.1, 0.15) is 5.75 Å². The second kappa shape index (κ2) is 7.97. The summed E-state index contributed by atoms with van der Waals surface area (Å²) in [5.41, 5.74) is 7.60. The Labute approximate surface area is 148 Å². The minimum atomic E-state index is -0.447. The molecule has 0 heterocycles. The van der Waals surface area contributed by atoms with Gasteiger partial charge in [0.2, 0.25) is 5.91 Å². The van der Waals surface area contributed by atoms with Crippen molar-refractivity contribution in [2.45, 2.75) is 38.5 Å². The van der Waals surface area contributed by atoms with E-state index in [-0.39, 0.29) is 5.97 Å². The van der Waals surface area contributed by atoms with Gasteiger partial charge in [0.25, 0.3) is 0 Å². The van der Waals surface area contributed by atoms with Crippen molar-refractivity contribution in [3.8, 4) is 16.9 Å². The Morgan fingerprint density at radius 3 is 2.36 bits per heavy atom. The first kappa shape index (κ1) is 17.2. The predicted molar refractivity (Wildman–Crippen MR) is 97.2 cm³/mol. The zero-order valence-corrected chi connectivity index (χ0v) is 14.2. The summed E-state index contributed by atoms with van der Waals surface area (Å²) in [6, 6.07) is 14.5. The molecule has 1 amide bonds. The Morgan fingerprint density at radius 2 is 1.68 bits per heavy atom. The third kappa shape index (κ3) is 4.69. The van der Waals surface area contributed by atoms with E-state index in [1.165, 1.54) is 19.3 Å². The number of benzene rings is 2. The maximum atomic E-state index is 12.2. The summed E-state index contributed by atoms with van der Waals surface area (Å²) in [7, 11) is 0. The van der Waals surface area contributed by atoms with Gasteiger partial charge in [-0.15, -0.1) is 0 Å². The highest BCUT2D eigenvalue weighted by Gasteiger charge is 2.18. The molecule has 2 N–H and O–H groups in total. The number of hydrogen-bond donors (Lipinski definition) is 1. The van der Waals surface area contributed by atoms with Crippen molar-refractivity contribution in [3.05, 3.63) is 54.1 Å². The largest absolute Gasteiger partial charge is 0.426 e. The lowest BCUT2D eigenvalue weighted by molar-refractivity contribution is -0.135. The predicted octanol–water partition coefficient (Wildman–Crippen LogP) is 4.33. The summed E-state index contributed by atoms with van der Waals surface area (Å²) in [5, 5.41) is 0.